The molecule has 250 valence electrons. The molecule has 0 saturated carbocycles. The highest BCUT2D eigenvalue weighted by molar-refractivity contribution is 5.72. The number of carbonyl (C=O) groups excluding carboxylic acids is 3. The summed E-state index contributed by atoms with van der Waals surface area (Å²) in [5, 5.41) is 7.66. The molecule has 0 bridgehead atoms. The topological polar surface area (TPSA) is 181 Å². The van der Waals surface area contributed by atoms with Crippen molar-refractivity contribution >= 4 is 18.4 Å². The van der Waals surface area contributed by atoms with Gasteiger partial charge in [0.05, 0.1) is 18.3 Å². The van der Waals surface area contributed by atoms with Crippen molar-refractivity contribution in [3.63, 3.8) is 0 Å². The van der Waals surface area contributed by atoms with Crippen LogP contribution in [0, 0.1) is 0 Å². The fourth-order valence-corrected chi connectivity index (χ4v) is 4.01. The van der Waals surface area contributed by atoms with E-state index >= 15 is 0 Å². The number of alkyl halides is 1. The van der Waals surface area contributed by atoms with Gasteiger partial charge in [-0.15, -0.1) is 5.10 Å². The number of halogens is 1. The molecule has 0 spiro atoms. The Kier molecular flexibility index (Phi) is 10.5. The van der Waals surface area contributed by atoms with Gasteiger partial charge in [0.25, 0.3) is 5.56 Å². The van der Waals surface area contributed by atoms with Gasteiger partial charge in [-0.05, 0) is 62.3 Å². The van der Waals surface area contributed by atoms with Gasteiger partial charge < -0.3 is 28.4 Å². The number of ether oxygens (including phenoxy) is 6. The number of hydrogen-bond acceptors (Lipinski definition) is 13. The number of nitrogens with zero attached hydrogens (tertiary/aromatic N) is 5. The van der Waals surface area contributed by atoms with Crippen LogP contribution in [0.2, 0.25) is 0 Å². The van der Waals surface area contributed by atoms with Crippen molar-refractivity contribution < 1.29 is 47.2 Å². The van der Waals surface area contributed by atoms with Gasteiger partial charge in [-0.2, -0.15) is 4.57 Å². The quantitative estimate of drug-likeness (QED) is 0.317. The zero-order valence-electron chi connectivity index (χ0n) is 26.8. The predicted molar refractivity (Wildman–Crippen MR) is 153 cm³/mol. The molecule has 3 heterocycles. The van der Waals surface area contributed by atoms with Gasteiger partial charge in [0.2, 0.25) is 0 Å². The largest absolute Gasteiger partial charge is 0.509 e. The monoisotopic (exact) mass is 640 g/mol. The second-order valence-electron chi connectivity index (χ2n) is 13.2. The van der Waals surface area contributed by atoms with E-state index in [4.69, 9.17) is 28.4 Å². The third kappa shape index (κ3) is 9.86. The average molecular weight is 641 g/mol. The molecule has 3 rings (SSSR count). The van der Waals surface area contributed by atoms with Crippen LogP contribution >= 0.6 is 0 Å². The highest BCUT2D eigenvalue weighted by Gasteiger charge is 2.42. The van der Waals surface area contributed by atoms with E-state index in [-0.39, 0.29) is 28.8 Å². The van der Waals surface area contributed by atoms with Crippen LogP contribution in [0.3, 0.4) is 0 Å². The first-order chi connectivity index (χ1) is 20.7. The van der Waals surface area contributed by atoms with E-state index in [9.17, 15) is 28.4 Å². The summed E-state index contributed by atoms with van der Waals surface area (Å²) in [6.45, 7) is 13.1. The van der Waals surface area contributed by atoms with Crippen molar-refractivity contribution in [2.24, 2.45) is 0 Å². The summed E-state index contributed by atoms with van der Waals surface area (Å²) in [5.74, 6) is 0. The summed E-state index contributed by atoms with van der Waals surface area (Å²) >= 11 is 0. The smallest absolute Gasteiger partial charge is 0.443 e. The van der Waals surface area contributed by atoms with E-state index in [1.165, 1.54) is 6.20 Å². The number of rotatable bonds is 7. The molecule has 0 unspecified atom stereocenters. The SMILES string of the molecule is CC(C)(C)OC(=O)OC[C@H]1O[C@@H](n2cc(-c3cn(CC[18F])nn3)c(=O)n(C(=O)OC(C)(C)C)c2=O)C[C@@H]1OC(=O)OC(C)(C)C. The minimum Gasteiger partial charge on any atom is -0.443 e. The van der Waals surface area contributed by atoms with Gasteiger partial charge in [0.1, 0.15) is 54.2 Å². The zero-order valence-corrected chi connectivity index (χ0v) is 26.8. The van der Waals surface area contributed by atoms with Crippen molar-refractivity contribution in [1.82, 2.24) is 24.1 Å². The van der Waals surface area contributed by atoms with E-state index < -0.39 is 78.2 Å². The summed E-state index contributed by atoms with van der Waals surface area (Å²) in [5.41, 5.74) is -5.35. The molecule has 1 saturated heterocycles. The van der Waals surface area contributed by atoms with Gasteiger partial charge in [0, 0.05) is 12.6 Å². The first kappa shape index (κ1) is 35.2. The highest BCUT2D eigenvalue weighted by atomic mass is 18.2. The standard InChI is InChI=1S/C28H40FN5O11/c1-26(2,3)43-23(37)34-21(35)16(17-14-32(11-10-29)31-30-17)13-33(22(34)36)20-12-18(42-25(39)45-28(7,8)9)19(41-20)15-40-24(38)44-27(4,5)6/h13-14,18-20H,10-12,15H2,1-9H3/t18-,19+,20+/m0/s1/i29-1. The fourth-order valence-electron chi connectivity index (χ4n) is 4.01. The molecule has 17 heteroatoms. The molecule has 0 aromatic carbocycles. The molecule has 2 aromatic rings. The van der Waals surface area contributed by atoms with Crippen molar-refractivity contribution in [3.05, 3.63) is 33.2 Å². The Morgan fingerprint density at radius 3 is 2.11 bits per heavy atom. The van der Waals surface area contributed by atoms with E-state index in [0.717, 1.165) is 15.4 Å². The van der Waals surface area contributed by atoms with Crippen LogP contribution in [-0.2, 0) is 35.0 Å². The Bertz CT molecular complexity index is 1510. The first-order valence-corrected chi connectivity index (χ1v) is 14.2. The summed E-state index contributed by atoms with van der Waals surface area (Å²) in [7, 11) is 0. The average Bonchev–Trinajstić information content (AvgIpc) is 3.47. The van der Waals surface area contributed by atoms with Crippen LogP contribution in [0.5, 0.6) is 0 Å². The summed E-state index contributed by atoms with van der Waals surface area (Å²) in [4.78, 5) is 65.0. The summed E-state index contributed by atoms with van der Waals surface area (Å²) in [6, 6.07) is 0. The summed E-state index contributed by atoms with van der Waals surface area (Å²) < 4.78 is 47.6. The van der Waals surface area contributed by atoms with Gasteiger partial charge in [-0.25, -0.2) is 28.3 Å². The maximum atomic E-state index is 13.7. The molecule has 2 aromatic heterocycles. The number of hydrogen-bond donors (Lipinski definition) is 0. The third-order valence-electron chi connectivity index (χ3n) is 5.70. The maximum Gasteiger partial charge on any atom is 0.509 e. The lowest BCUT2D eigenvalue weighted by molar-refractivity contribution is -0.0824. The number of aryl methyl sites for hydroxylation is 1. The molecule has 16 nitrogen and oxygen atoms in total. The number of aromatic nitrogens is 5. The molecule has 0 radical (unpaired) electrons. The Morgan fingerprint density at radius 1 is 0.933 bits per heavy atom. The molecule has 0 amide bonds. The van der Waals surface area contributed by atoms with Crippen LogP contribution in [-0.4, -0.2) is 84.8 Å². The van der Waals surface area contributed by atoms with Crippen molar-refractivity contribution in [2.45, 2.75) is 111 Å². The molecule has 1 aliphatic heterocycles. The molecule has 1 fully saturated rings. The zero-order chi connectivity index (χ0) is 33.9. The predicted octanol–water partition coefficient (Wildman–Crippen LogP) is 3.58. The lowest BCUT2D eigenvalue weighted by atomic mass is 10.2. The van der Waals surface area contributed by atoms with Crippen LogP contribution in [0.15, 0.2) is 22.0 Å². The molecule has 3 atom stereocenters. The fraction of sp³-hybridized carbons (Fsp3) is 0.679. The molecule has 0 N–H and O–H groups in total. The molecular weight excluding hydrogens is 600 g/mol. The van der Waals surface area contributed by atoms with Crippen LogP contribution in [0.4, 0.5) is 18.8 Å². The third-order valence-corrected chi connectivity index (χ3v) is 5.70. The molecule has 45 heavy (non-hydrogen) atoms. The van der Waals surface area contributed by atoms with Crippen molar-refractivity contribution in [3.8, 4) is 11.3 Å². The van der Waals surface area contributed by atoms with Gasteiger partial charge >= 0.3 is 24.1 Å². The lowest BCUT2D eigenvalue weighted by Crippen LogP contribution is -2.47. The summed E-state index contributed by atoms with van der Waals surface area (Å²) in [6.07, 6.45) is -4.65. The Hall–Kier alpha value is -4.28. The van der Waals surface area contributed by atoms with E-state index in [1.807, 2.05) is 0 Å². The minimum absolute atomic E-state index is 0.0659. The van der Waals surface area contributed by atoms with E-state index in [2.05, 4.69) is 10.3 Å². The van der Waals surface area contributed by atoms with Crippen molar-refractivity contribution in [2.75, 3.05) is 13.3 Å². The maximum absolute atomic E-state index is 13.7. The lowest BCUT2D eigenvalue weighted by Gasteiger charge is -2.23. The van der Waals surface area contributed by atoms with Gasteiger partial charge in [-0.3, -0.25) is 9.36 Å². The highest BCUT2D eigenvalue weighted by Crippen LogP contribution is 2.32. The number of carbonyl (C=O) groups is 3. The van der Waals surface area contributed by atoms with Crippen LogP contribution in [0.1, 0.15) is 75.0 Å². The Morgan fingerprint density at radius 2 is 1.53 bits per heavy atom. The van der Waals surface area contributed by atoms with E-state index in [0.29, 0.717) is 0 Å². The Labute approximate surface area is 258 Å². The molecular formula is C28H40FN5O11. The Balaban J connectivity index is 2.06. The van der Waals surface area contributed by atoms with Crippen LogP contribution < -0.4 is 11.2 Å². The molecule has 0 aliphatic carbocycles. The first-order valence-electron chi connectivity index (χ1n) is 14.2. The second-order valence-corrected chi connectivity index (χ2v) is 13.2. The van der Waals surface area contributed by atoms with E-state index in [1.54, 1.807) is 62.3 Å². The van der Waals surface area contributed by atoms with Crippen molar-refractivity contribution in [1.29, 1.82) is 0 Å². The van der Waals surface area contributed by atoms with Gasteiger partial charge in [0.15, 0.2) is 0 Å². The van der Waals surface area contributed by atoms with Gasteiger partial charge in [-0.1, -0.05) is 5.21 Å². The second kappa shape index (κ2) is 13.4. The molecule has 1 aliphatic rings. The van der Waals surface area contributed by atoms with Crippen LogP contribution in [0.25, 0.3) is 11.3 Å². The normalized spacial score (nSPS) is 18.8. The minimum atomic E-state index is -1.27.